The van der Waals surface area contributed by atoms with Crippen molar-refractivity contribution in [1.82, 2.24) is 0 Å². The van der Waals surface area contributed by atoms with Crippen LogP contribution in [0.2, 0.25) is 0 Å². The van der Waals surface area contributed by atoms with E-state index in [1.807, 2.05) is 44.2 Å². The predicted octanol–water partition coefficient (Wildman–Crippen LogP) is 4.43. The van der Waals surface area contributed by atoms with Gasteiger partial charge in [-0.05, 0) is 63.3 Å². The molecule has 10 nitrogen and oxygen atoms in total. The molecule has 2 aliphatic carbocycles. The van der Waals surface area contributed by atoms with Crippen LogP contribution in [0.25, 0.3) is 6.08 Å². The lowest BCUT2D eigenvalue weighted by atomic mass is 9.47. The third-order valence-corrected chi connectivity index (χ3v) is 9.64. The molecular weight excluding hydrogens is 580 g/mol. The number of carbonyl (C=O) groups excluding carboxylic acids is 4. The maximum absolute atomic E-state index is 13.7. The molecule has 3 aliphatic rings. The fourth-order valence-electron chi connectivity index (χ4n) is 7.62. The molecule has 0 unspecified atom stereocenters. The highest BCUT2D eigenvalue weighted by atomic mass is 16.6. The first kappa shape index (κ1) is 32.4. The van der Waals surface area contributed by atoms with Crippen molar-refractivity contribution in [2.75, 3.05) is 6.61 Å². The molecule has 0 radical (unpaired) electrons. The Kier molecular flexibility index (Phi) is 8.67. The Labute approximate surface area is 262 Å². The number of rotatable bonds is 8. The molecule has 1 saturated heterocycles. The van der Waals surface area contributed by atoms with Gasteiger partial charge >= 0.3 is 23.9 Å². The van der Waals surface area contributed by atoms with Crippen LogP contribution in [0.5, 0.6) is 0 Å². The van der Waals surface area contributed by atoms with Crippen molar-refractivity contribution in [2.24, 2.45) is 11.3 Å². The third-order valence-electron chi connectivity index (χ3n) is 9.64. The summed E-state index contributed by atoms with van der Waals surface area (Å²) in [6.07, 6.45) is -0.366. The summed E-state index contributed by atoms with van der Waals surface area (Å²) in [4.78, 5) is 52.0. The largest absolute Gasteiger partial charge is 0.465 e. The Morgan fingerprint density at radius 1 is 0.889 bits per heavy atom. The molecule has 3 fully saturated rings. The minimum absolute atomic E-state index is 0.154. The van der Waals surface area contributed by atoms with Gasteiger partial charge in [-0.2, -0.15) is 0 Å². The molecule has 5 rings (SSSR count). The number of carbonyl (C=O) groups is 4. The Bertz CT molecular complexity index is 1470. The van der Waals surface area contributed by atoms with Gasteiger partial charge in [0.2, 0.25) is 0 Å². The Hall–Kier alpha value is -4.02. The smallest absolute Gasteiger partial charge is 0.338 e. The van der Waals surface area contributed by atoms with Gasteiger partial charge in [0.1, 0.15) is 29.8 Å². The van der Waals surface area contributed by atoms with Crippen molar-refractivity contribution in [3.8, 4) is 0 Å². The highest BCUT2D eigenvalue weighted by Crippen LogP contribution is 2.68. The Morgan fingerprint density at radius 2 is 1.53 bits per heavy atom. The summed E-state index contributed by atoms with van der Waals surface area (Å²) in [5.74, 6) is -2.93. The van der Waals surface area contributed by atoms with Gasteiger partial charge in [0.25, 0.3) is 0 Å². The molecular formula is C35H40O10. The number of fused-ring (bicyclic) bond motifs is 1. The van der Waals surface area contributed by atoms with Crippen LogP contribution in [0.3, 0.4) is 0 Å². The summed E-state index contributed by atoms with van der Waals surface area (Å²) < 4.78 is 30.7. The predicted molar refractivity (Wildman–Crippen MR) is 161 cm³/mol. The Balaban J connectivity index is 1.68. The second kappa shape index (κ2) is 12.1. The minimum atomic E-state index is -1.71. The van der Waals surface area contributed by atoms with Gasteiger partial charge in [-0.15, -0.1) is 0 Å². The molecule has 2 saturated carbocycles. The summed E-state index contributed by atoms with van der Waals surface area (Å²) >= 11 is 0. The zero-order chi connectivity index (χ0) is 32.6. The van der Waals surface area contributed by atoms with E-state index in [0.717, 1.165) is 5.56 Å². The van der Waals surface area contributed by atoms with Crippen LogP contribution in [-0.4, -0.2) is 70.7 Å². The topological polar surface area (TPSA) is 135 Å². The van der Waals surface area contributed by atoms with E-state index < -0.39 is 71.0 Å². The highest BCUT2D eigenvalue weighted by molar-refractivity contribution is 5.89. The maximum atomic E-state index is 13.7. The van der Waals surface area contributed by atoms with E-state index >= 15 is 0 Å². The molecule has 7 atom stereocenters. The number of benzene rings is 2. The van der Waals surface area contributed by atoms with Crippen molar-refractivity contribution < 1.29 is 48.0 Å². The first-order valence-corrected chi connectivity index (χ1v) is 15.1. The number of aliphatic hydroxyl groups is 1. The second-order valence-electron chi connectivity index (χ2n) is 13.0. The summed E-state index contributed by atoms with van der Waals surface area (Å²) in [5, 5.41) is 12.3. The summed E-state index contributed by atoms with van der Waals surface area (Å²) in [6.45, 7) is 7.34. The van der Waals surface area contributed by atoms with E-state index in [1.54, 1.807) is 43.3 Å². The monoisotopic (exact) mass is 620 g/mol. The van der Waals surface area contributed by atoms with Crippen molar-refractivity contribution in [1.29, 1.82) is 0 Å². The van der Waals surface area contributed by atoms with Crippen LogP contribution >= 0.6 is 0 Å². The quantitative estimate of drug-likeness (QED) is 0.257. The molecule has 10 heteroatoms. The number of ether oxygens (including phenoxy) is 5. The normalized spacial score (nSPS) is 33.1. The van der Waals surface area contributed by atoms with Crippen molar-refractivity contribution in [2.45, 2.75) is 89.0 Å². The molecule has 1 spiro atoms. The molecule has 2 aromatic rings. The molecule has 0 aromatic heterocycles. The number of hydrogen-bond donors (Lipinski definition) is 1. The fourth-order valence-corrected chi connectivity index (χ4v) is 7.62. The van der Waals surface area contributed by atoms with Gasteiger partial charge in [0.15, 0.2) is 6.10 Å². The number of esters is 4. The van der Waals surface area contributed by atoms with Crippen LogP contribution in [0, 0.1) is 11.3 Å². The van der Waals surface area contributed by atoms with E-state index in [-0.39, 0.29) is 30.7 Å². The summed E-state index contributed by atoms with van der Waals surface area (Å²) in [6, 6.07) is 17.5. The highest BCUT2D eigenvalue weighted by Gasteiger charge is 2.81. The standard InChI is InChI=1S/C35H40O10/c1-22(36)41-21-34-28(43-29(38)17-16-24-12-8-6-9-13-24)18-26-19-35(34,45-32(26,3)4)33(5,40)20-27(42-23(2)37)30(34)44-31(39)25-14-10-7-11-15-25/h6-17,26-28,30,40H,18-21H2,1-5H3/t26-,27+,28+,30+,33+,34-,35+/m1/s1. The number of hydrogen-bond acceptors (Lipinski definition) is 10. The van der Waals surface area contributed by atoms with Gasteiger partial charge in [-0.3, -0.25) is 9.59 Å². The van der Waals surface area contributed by atoms with E-state index in [0.29, 0.717) is 0 Å². The molecule has 1 heterocycles. The SMILES string of the molecule is CC(=O)OC[C@]12[C@@H](OC(=O)C=Cc3ccccc3)C[C@@H]3C[C@]1(OC3(C)C)[C@@](C)(O)C[C@H](OC(C)=O)[C@@H]2OC(=O)c1ccccc1. The average Bonchev–Trinajstić information content (AvgIpc) is 3.22. The van der Waals surface area contributed by atoms with Gasteiger partial charge in [0.05, 0.1) is 16.8 Å². The van der Waals surface area contributed by atoms with Gasteiger partial charge in [-0.1, -0.05) is 48.5 Å². The molecule has 2 aromatic carbocycles. The second-order valence-corrected chi connectivity index (χ2v) is 13.0. The molecule has 0 amide bonds. The van der Waals surface area contributed by atoms with Crippen LogP contribution in [-0.2, 0) is 38.1 Å². The zero-order valence-corrected chi connectivity index (χ0v) is 26.2. The first-order valence-electron chi connectivity index (χ1n) is 15.1. The lowest BCUT2D eigenvalue weighted by Crippen LogP contribution is -2.79. The van der Waals surface area contributed by atoms with Crippen LogP contribution in [0.1, 0.15) is 69.8 Å². The van der Waals surface area contributed by atoms with Crippen LogP contribution in [0.15, 0.2) is 66.7 Å². The average molecular weight is 621 g/mol. The lowest BCUT2D eigenvalue weighted by Gasteiger charge is -2.64. The van der Waals surface area contributed by atoms with Gasteiger partial charge in [-0.25, -0.2) is 9.59 Å². The fraction of sp³-hybridized carbons (Fsp3) is 0.486. The zero-order valence-electron chi connectivity index (χ0n) is 26.2. The third kappa shape index (κ3) is 5.89. The summed E-state index contributed by atoms with van der Waals surface area (Å²) in [7, 11) is 0. The summed E-state index contributed by atoms with van der Waals surface area (Å²) in [5.41, 5.74) is -4.75. The maximum Gasteiger partial charge on any atom is 0.338 e. The molecule has 240 valence electrons. The van der Waals surface area contributed by atoms with E-state index in [4.69, 9.17) is 23.7 Å². The molecule has 1 N–H and O–H groups in total. The van der Waals surface area contributed by atoms with E-state index in [9.17, 15) is 24.3 Å². The lowest BCUT2D eigenvalue weighted by molar-refractivity contribution is -0.336. The van der Waals surface area contributed by atoms with E-state index in [1.165, 1.54) is 19.9 Å². The van der Waals surface area contributed by atoms with Crippen LogP contribution in [0.4, 0.5) is 0 Å². The van der Waals surface area contributed by atoms with Crippen molar-refractivity contribution in [3.63, 3.8) is 0 Å². The minimum Gasteiger partial charge on any atom is -0.465 e. The molecule has 2 bridgehead atoms. The van der Waals surface area contributed by atoms with Crippen molar-refractivity contribution >= 4 is 30.0 Å². The molecule has 1 aliphatic heterocycles. The Morgan fingerprint density at radius 3 is 2.16 bits per heavy atom. The van der Waals surface area contributed by atoms with E-state index in [2.05, 4.69) is 0 Å². The van der Waals surface area contributed by atoms with Crippen molar-refractivity contribution in [3.05, 3.63) is 77.9 Å². The van der Waals surface area contributed by atoms with Crippen LogP contribution < -0.4 is 0 Å². The molecule has 45 heavy (non-hydrogen) atoms. The van der Waals surface area contributed by atoms with Gasteiger partial charge in [0, 0.05) is 26.3 Å². The van der Waals surface area contributed by atoms with Gasteiger partial charge < -0.3 is 28.8 Å². The first-order chi connectivity index (χ1) is 21.2.